The zero-order chi connectivity index (χ0) is 48.6. The van der Waals surface area contributed by atoms with E-state index in [1.165, 1.54) is 154 Å². The Morgan fingerprint density at radius 3 is 0.925 bits per heavy atom. The fourth-order valence-corrected chi connectivity index (χ4v) is 7.88. The minimum Gasteiger partial charge on any atom is -0.462 e. The molecule has 0 saturated carbocycles. The van der Waals surface area contributed by atoms with Gasteiger partial charge in [-0.1, -0.05) is 241 Å². The van der Waals surface area contributed by atoms with Gasteiger partial charge in [-0.2, -0.15) is 0 Å². The molecule has 0 spiro atoms. The van der Waals surface area contributed by atoms with Crippen molar-refractivity contribution in [3.63, 3.8) is 0 Å². The molecular formula is C61H106O6. The number of carbonyl (C=O) groups is 3. The highest BCUT2D eigenvalue weighted by Gasteiger charge is 2.19. The van der Waals surface area contributed by atoms with Crippen molar-refractivity contribution < 1.29 is 28.6 Å². The highest BCUT2D eigenvalue weighted by atomic mass is 16.6. The maximum atomic E-state index is 12.8. The molecule has 0 aliphatic rings. The molecule has 0 bridgehead atoms. The lowest BCUT2D eigenvalue weighted by molar-refractivity contribution is -0.167. The zero-order valence-electron chi connectivity index (χ0n) is 44.2. The van der Waals surface area contributed by atoms with Gasteiger partial charge < -0.3 is 14.2 Å². The minimum atomic E-state index is -0.800. The quantitative estimate of drug-likeness (QED) is 0.0262. The largest absolute Gasteiger partial charge is 0.462 e. The Balaban J connectivity index is 4.47. The van der Waals surface area contributed by atoms with Crippen molar-refractivity contribution in [1.29, 1.82) is 0 Å². The summed E-state index contributed by atoms with van der Waals surface area (Å²) in [7, 11) is 0. The van der Waals surface area contributed by atoms with E-state index >= 15 is 0 Å². The Hall–Kier alpha value is -3.15. The standard InChI is InChI=1S/C61H106O6/c1-4-7-10-13-16-19-22-25-28-30-33-36-39-42-45-48-51-54-60(63)66-57-58(56-65-59(62)53-50-47-44-41-38-35-32-27-24-21-18-15-12-9-6-3)67-61(64)55-52-49-46-43-40-37-34-31-29-26-23-20-17-14-11-8-5-2/h16-17,19-20,25-26,28-29,33,36,42,45,58H,4-15,18,21-24,27,30-32,34-35,37-41,43-44,46-57H2,1-3H3/b19-16+,20-17+,28-25+,29-26+,36-33+,45-42+/t58-/m1/s1. The third-order valence-electron chi connectivity index (χ3n) is 12.2. The van der Waals surface area contributed by atoms with E-state index in [4.69, 9.17) is 14.2 Å². The van der Waals surface area contributed by atoms with Gasteiger partial charge in [0.1, 0.15) is 13.2 Å². The smallest absolute Gasteiger partial charge is 0.306 e. The number of rotatable bonds is 51. The van der Waals surface area contributed by atoms with Gasteiger partial charge >= 0.3 is 17.9 Å². The number of esters is 3. The van der Waals surface area contributed by atoms with Crippen LogP contribution in [0.3, 0.4) is 0 Å². The number of hydrogen-bond acceptors (Lipinski definition) is 6. The predicted molar refractivity (Wildman–Crippen MR) is 288 cm³/mol. The van der Waals surface area contributed by atoms with Gasteiger partial charge in [-0.05, 0) is 89.9 Å². The van der Waals surface area contributed by atoms with E-state index in [-0.39, 0.29) is 37.5 Å². The summed E-state index contributed by atoms with van der Waals surface area (Å²) in [6.45, 7) is 6.55. The molecule has 0 aromatic carbocycles. The topological polar surface area (TPSA) is 78.9 Å². The van der Waals surface area contributed by atoms with Gasteiger partial charge in [-0.15, -0.1) is 0 Å². The molecule has 0 aromatic rings. The Morgan fingerprint density at radius 2 is 0.552 bits per heavy atom. The maximum Gasteiger partial charge on any atom is 0.306 e. The summed E-state index contributed by atoms with van der Waals surface area (Å²) in [5, 5.41) is 0. The molecule has 0 saturated heterocycles. The summed E-state index contributed by atoms with van der Waals surface area (Å²) < 4.78 is 16.8. The van der Waals surface area contributed by atoms with Gasteiger partial charge in [0.25, 0.3) is 0 Å². The van der Waals surface area contributed by atoms with Crippen LogP contribution in [0.5, 0.6) is 0 Å². The number of allylic oxidation sites excluding steroid dienone is 12. The first kappa shape index (κ1) is 63.8. The monoisotopic (exact) mass is 935 g/mol. The summed E-state index contributed by atoms with van der Waals surface area (Å²) in [4.78, 5) is 38.1. The van der Waals surface area contributed by atoms with Crippen LogP contribution in [-0.2, 0) is 28.6 Å². The second kappa shape index (κ2) is 55.4. The van der Waals surface area contributed by atoms with Crippen molar-refractivity contribution in [3.05, 3.63) is 72.9 Å². The molecule has 67 heavy (non-hydrogen) atoms. The lowest BCUT2D eigenvalue weighted by Gasteiger charge is -2.18. The molecule has 0 aliphatic heterocycles. The van der Waals surface area contributed by atoms with E-state index in [1.54, 1.807) is 0 Å². The van der Waals surface area contributed by atoms with Crippen molar-refractivity contribution in [1.82, 2.24) is 0 Å². The number of carbonyl (C=O) groups excluding carboxylic acids is 3. The molecular weight excluding hydrogens is 829 g/mol. The van der Waals surface area contributed by atoms with Gasteiger partial charge in [-0.25, -0.2) is 0 Å². The third kappa shape index (κ3) is 53.7. The van der Waals surface area contributed by atoms with Gasteiger partial charge in [0.2, 0.25) is 0 Å². The van der Waals surface area contributed by atoms with Crippen LogP contribution in [0.1, 0.15) is 278 Å². The normalized spacial score (nSPS) is 12.6. The molecule has 6 heteroatoms. The van der Waals surface area contributed by atoms with Crippen molar-refractivity contribution >= 4 is 17.9 Å². The van der Waals surface area contributed by atoms with Gasteiger partial charge in [-0.3, -0.25) is 14.4 Å². The molecule has 386 valence electrons. The SMILES string of the molecule is CCCCC/C=C/C/C=C/C/C=C/C/C=C/CCCC(=O)OC[C@@H](COC(=O)CCCCCCCCCCCCCCCCC)OC(=O)CCCCCCCCC/C=C/C/C=C/CCCCC. The first-order valence-electron chi connectivity index (χ1n) is 28.4. The molecule has 0 aliphatic carbocycles. The summed E-state index contributed by atoms with van der Waals surface area (Å²) in [6.07, 6.45) is 70.3. The molecule has 0 aromatic heterocycles. The van der Waals surface area contributed by atoms with E-state index < -0.39 is 6.10 Å². The van der Waals surface area contributed by atoms with E-state index in [0.29, 0.717) is 19.3 Å². The molecule has 1 atom stereocenters. The van der Waals surface area contributed by atoms with Crippen LogP contribution in [-0.4, -0.2) is 37.2 Å². The predicted octanol–water partition coefficient (Wildman–Crippen LogP) is 19.0. The van der Waals surface area contributed by atoms with Gasteiger partial charge in [0, 0.05) is 19.3 Å². The maximum absolute atomic E-state index is 12.8. The minimum absolute atomic E-state index is 0.0935. The highest BCUT2D eigenvalue weighted by Crippen LogP contribution is 2.15. The van der Waals surface area contributed by atoms with E-state index in [2.05, 4.69) is 93.7 Å². The van der Waals surface area contributed by atoms with Crippen LogP contribution >= 0.6 is 0 Å². The van der Waals surface area contributed by atoms with Crippen LogP contribution in [0.4, 0.5) is 0 Å². The third-order valence-corrected chi connectivity index (χ3v) is 12.2. The summed E-state index contributed by atoms with van der Waals surface area (Å²) in [6, 6.07) is 0. The number of ether oxygens (including phenoxy) is 3. The van der Waals surface area contributed by atoms with Crippen LogP contribution in [0.2, 0.25) is 0 Å². The highest BCUT2D eigenvalue weighted by molar-refractivity contribution is 5.71. The lowest BCUT2D eigenvalue weighted by atomic mass is 10.0. The molecule has 6 nitrogen and oxygen atoms in total. The Bertz CT molecular complexity index is 1260. The van der Waals surface area contributed by atoms with Gasteiger partial charge in [0.15, 0.2) is 6.10 Å². The van der Waals surface area contributed by atoms with Crippen LogP contribution in [0.25, 0.3) is 0 Å². The number of unbranched alkanes of at least 4 members (excludes halogenated alkanes) is 28. The summed E-state index contributed by atoms with van der Waals surface area (Å²) in [5.74, 6) is -0.951. The Kier molecular flexibility index (Phi) is 52.8. The summed E-state index contributed by atoms with van der Waals surface area (Å²) >= 11 is 0. The molecule has 0 amide bonds. The fourth-order valence-electron chi connectivity index (χ4n) is 7.88. The molecule has 0 N–H and O–H groups in total. The van der Waals surface area contributed by atoms with E-state index in [9.17, 15) is 14.4 Å². The molecule has 0 heterocycles. The Morgan fingerprint density at radius 1 is 0.299 bits per heavy atom. The fraction of sp³-hybridized carbons (Fsp3) is 0.754. The lowest BCUT2D eigenvalue weighted by Crippen LogP contribution is -2.30. The molecule has 0 fully saturated rings. The first-order chi connectivity index (χ1) is 33.0. The molecule has 0 unspecified atom stereocenters. The molecule has 0 rings (SSSR count). The van der Waals surface area contributed by atoms with Crippen molar-refractivity contribution in [2.45, 2.75) is 284 Å². The Labute approximate surface area is 414 Å². The second-order valence-corrected chi connectivity index (χ2v) is 18.8. The van der Waals surface area contributed by atoms with Crippen LogP contribution in [0, 0.1) is 0 Å². The first-order valence-corrected chi connectivity index (χ1v) is 28.4. The second-order valence-electron chi connectivity index (χ2n) is 18.8. The van der Waals surface area contributed by atoms with Crippen molar-refractivity contribution in [3.8, 4) is 0 Å². The van der Waals surface area contributed by atoms with Gasteiger partial charge in [0.05, 0.1) is 0 Å². The zero-order valence-corrected chi connectivity index (χ0v) is 44.2. The number of hydrogen-bond donors (Lipinski definition) is 0. The van der Waals surface area contributed by atoms with E-state index in [0.717, 1.165) is 77.0 Å². The van der Waals surface area contributed by atoms with Crippen molar-refractivity contribution in [2.75, 3.05) is 13.2 Å². The van der Waals surface area contributed by atoms with Crippen LogP contribution in [0.15, 0.2) is 72.9 Å². The average Bonchev–Trinajstić information content (AvgIpc) is 3.33. The molecule has 0 radical (unpaired) electrons. The van der Waals surface area contributed by atoms with Crippen LogP contribution < -0.4 is 0 Å². The van der Waals surface area contributed by atoms with E-state index in [1.807, 2.05) is 0 Å². The summed E-state index contributed by atoms with van der Waals surface area (Å²) in [5.41, 5.74) is 0. The average molecular weight is 936 g/mol. The van der Waals surface area contributed by atoms with Crippen molar-refractivity contribution in [2.24, 2.45) is 0 Å².